The van der Waals surface area contributed by atoms with Gasteiger partial charge in [-0.15, -0.1) is 0 Å². The minimum Gasteiger partial charge on any atom is -0.379 e. The first-order valence-electron chi connectivity index (χ1n) is 12.7. The number of hydrogen-bond acceptors (Lipinski definition) is 6. The lowest BCUT2D eigenvalue weighted by Crippen LogP contribution is -2.48. The van der Waals surface area contributed by atoms with Crippen LogP contribution in [-0.2, 0) is 41.3 Å². The lowest BCUT2D eigenvalue weighted by Gasteiger charge is -2.33. The van der Waals surface area contributed by atoms with Crippen LogP contribution >= 0.6 is 11.6 Å². The number of aryl methyl sites for hydroxylation is 1. The van der Waals surface area contributed by atoms with Gasteiger partial charge in [0.25, 0.3) is 0 Å². The Kier molecular flexibility index (Phi) is 8.16. The predicted octanol–water partition coefficient (Wildman–Crippen LogP) is 3.17. The first-order chi connectivity index (χ1) is 17.9. The lowest BCUT2D eigenvalue weighted by molar-refractivity contribution is 0.0406. The minimum atomic E-state index is -3.56. The molecule has 0 spiro atoms. The molecule has 37 heavy (non-hydrogen) atoms. The molecule has 1 saturated heterocycles. The average molecular weight is 544 g/mol. The standard InChI is InChI=1S/C27H34ClN5O3S/c1-30-21-29-17-26(30)20-32-19-25(15-22-5-3-2-4-6-22)33(18-23-16-24(28)7-8-27(23)32)37(34,35)14-11-31-9-12-36-13-10-31/h2-8,16-17,21,25H,9-15,18-20H2,1H3/t25-/m1/s1. The molecular weight excluding hydrogens is 510 g/mol. The van der Waals surface area contributed by atoms with Crippen molar-refractivity contribution in [3.8, 4) is 0 Å². The molecule has 10 heteroatoms. The summed E-state index contributed by atoms with van der Waals surface area (Å²) in [5, 5.41) is 0.603. The molecule has 2 aliphatic heterocycles. The van der Waals surface area contributed by atoms with E-state index in [9.17, 15) is 8.42 Å². The monoisotopic (exact) mass is 543 g/mol. The van der Waals surface area contributed by atoms with Gasteiger partial charge in [0.1, 0.15) is 0 Å². The van der Waals surface area contributed by atoms with E-state index in [0.717, 1.165) is 35.6 Å². The third-order valence-electron chi connectivity index (χ3n) is 7.26. The number of benzene rings is 2. The highest BCUT2D eigenvalue weighted by molar-refractivity contribution is 7.89. The fraction of sp³-hybridized carbons (Fsp3) is 0.444. The van der Waals surface area contributed by atoms with Gasteiger partial charge in [0.15, 0.2) is 0 Å². The summed E-state index contributed by atoms with van der Waals surface area (Å²) >= 11 is 6.42. The number of aromatic nitrogens is 2. The number of rotatable bonds is 8. The van der Waals surface area contributed by atoms with Crippen LogP contribution in [0.4, 0.5) is 5.69 Å². The van der Waals surface area contributed by atoms with E-state index in [-0.39, 0.29) is 11.8 Å². The van der Waals surface area contributed by atoms with Gasteiger partial charge in [0.05, 0.1) is 37.5 Å². The van der Waals surface area contributed by atoms with Crippen molar-refractivity contribution in [2.45, 2.75) is 25.6 Å². The molecule has 0 aliphatic carbocycles. The Bertz CT molecular complexity index is 1290. The van der Waals surface area contributed by atoms with Crippen LogP contribution in [0.25, 0.3) is 0 Å². The molecule has 0 bridgehead atoms. The normalized spacial score (nSPS) is 19.5. The van der Waals surface area contributed by atoms with Crippen molar-refractivity contribution in [1.82, 2.24) is 18.8 Å². The van der Waals surface area contributed by atoms with Crippen molar-refractivity contribution >= 4 is 27.3 Å². The van der Waals surface area contributed by atoms with Crippen molar-refractivity contribution in [3.63, 3.8) is 0 Å². The number of ether oxygens (including phenoxy) is 1. The van der Waals surface area contributed by atoms with Crippen LogP contribution in [-0.4, -0.2) is 78.4 Å². The number of fused-ring (bicyclic) bond motifs is 1. The molecule has 1 fully saturated rings. The van der Waals surface area contributed by atoms with Gasteiger partial charge < -0.3 is 14.2 Å². The Morgan fingerprint density at radius 2 is 1.89 bits per heavy atom. The van der Waals surface area contributed by atoms with E-state index in [1.807, 2.05) is 54.2 Å². The maximum atomic E-state index is 14.0. The first-order valence-corrected chi connectivity index (χ1v) is 14.7. The highest BCUT2D eigenvalue weighted by Gasteiger charge is 2.36. The number of nitrogens with zero attached hydrogens (tertiary/aromatic N) is 5. The fourth-order valence-corrected chi connectivity index (χ4v) is 7.03. The Balaban J connectivity index is 1.49. The van der Waals surface area contributed by atoms with Crippen LogP contribution in [0.2, 0.25) is 5.02 Å². The van der Waals surface area contributed by atoms with Gasteiger partial charge in [0, 0.05) is 62.7 Å². The summed E-state index contributed by atoms with van der Waals surface area (Å²) in [5.74, 6) is 0.0793. The maximum absolute atomic E-state index is 14.0. The van der Waals surface area contributed by atoms with Crippen molar-refractivity contribution in [3.05, 3.63) is 82.9 Å². The topological polar surface area (TPSA) is 70.9 Å². The van der Waals surface area contributed by atoms with Gasteiger partial charge in [0.2, 0.25) is 10.0 Å². The zero-order valence-corrected chi connectivity index (χ0v) is 22.7. The fourth-order valence-electron chi connectivity index (χ4n) is 5.18. The van der Waals surface area contributed by atoms with Crippen LogP contribution in [0.1, 0.15) is 16.8 Å². The molecular formula is C27H34ClN5O3S. The maximum Gasteiger partial charge on any atom is 0.215 e. The zero-order valence-electron chi connectivity index (χ0n) is 21.2. The second-order valence-electron chi connectivity index (χ2n) is 9.81. The van der Waals surface area contributed by atoms with Crippen molar-refractivity contribution < 1.29 is 13.2 Å². The highest BCUT2D eigenvalue weighted by atomic mass is 35.5. The summed E-state index contributed by atoms with van der Waals surface area (Å²) in [6.45, 7) is 4.80. The van der Waals surface area contributed by atoms with Gasteiger partial charge in [-0.1, -0.05) is 41.9 Å². The molecule has 0 amide bonds. The second kappa shape index (κ2) is 11.5. The van der Waals surface area contributed by atoms with Crippen LogP contribution in [0.3, 0.4) is 0 Å². The van der Waals surface area contributed by atoms with Crippen LogP contribution < -0.4 is 4.90 Å². The Morgan fingerprint density at radius 3 is 2.62 bits per heavy atom. The molecule has 0 saturated carbocycles. The van der Waals surface area contributed by atoms with E-state index in [1.165, 1.54) is 0 Å². The quantitative estimate of drug-likeness (QED) is 0.435. The van der Waals surface area contributed by atoms with E-state index >= 15 is 0 Å². The summed E-state index contributed by atoms with van der Waals surface area (Å²) in [7, 11) is -1.58. The summed E-state index contributed by atoms with van der Waals surface area (Å²) in [6.07, 6.45) is 4.28. The molecule has 198 valence electrons. The van der Waals surface area contributed by atoms with Gasteiger partial charge >= 0.3 is 0 Å². The summed E-state index contributed by atoms with van der Waals surface area (Å²) < 4.78 is 37.1. The number of anilines is 1. The molecule has 1 aromatic heterocycles. The van der Waals surface area contributed by atoms with Gasteiger partial charge in [-0.05, 0) is 35.7 Å². The Labute approximate surface area is 224 Å². The average Bonchev–Trinajstić information content (AvgIpc) is 3.23. The Hall–Kier alpha value is -2.43. The summed E-state index contributed by atoms with van der Waals surface area (Å²) in [6, 6.07) is 15.7. The third kappa shape index (κ3) is 6.35. The Morgan fingerprint density at radius 1 is 1.11 bits per heavy atom. The molecule has 0 radical (unpaired) electrons. The molecule has 0 unspecified atom stereocenters. The van der Waals surface area contributed by atoms with E-state index < -0.39 is 10.0 Å². The molecule has 3 aromatic rings. The largest absolute Gasteiger partial charge is 0.379 e. The molecule has 2 aliphatic rings. The smallest absolute Gasteiger partial charge is 0.215 e. The van der Waals surface area contributed by atoms with E-state index in [1.54, 1.807) is 10.6 Å². The molecule has 8 nitrogen and oxygen atoms in total. The molecule has 5 rings (SSSR count). The number of sulfonamides is 1. The van der Waals surface area contributed by atoms with Crippen LogP contribution in [0, 0.1) is 0 Å². The predicted molar refractivity (Wildman–Crippen MR) is 146 cm³/mol. The molecule has 2 aromatic carbocycles. The SMILES string of the molecule is Cn1cncc1CN1C[C@@H](Cc2ccccc2)N(S(=O)(=O)CCN2CCOCC2)Cc2cc(Cl)ccc21. The van der Waals surface area contributed by atoms with Crippen molar-refractivity contribution in [1.29, 1.82) is 0 Å². The number of morpholine rings is 1. The van der Waals surface area contributed by atoms with E-state index in [2.05, 4.69) is 26.9 Å². The number of hydrogen-bond donors (Lipinski definition) is 0. The molecule has 1 atom stereocenters. The van der Waals surface area contributed by atoms with Crippen LogP contribution in [0.5, 0.6) is 0 Å². The zero-order chi connectivity index (χ0) is 25.8. The van der Waals surface area contributed by atoms with Gasteiger partial charge in [-0.3, -0.25) is 4.90 Å². The van der Waals surface area contributed by atoms with Crippen molar-refractivity contribution in [2.75, 3.05) is 50.0 Å². The summed E-state index contributed by atoms with van der Waals surface area (Å²) in [4.78, 5) is 8.73. The third-order valence-corrected chi connectivity index (χ3v) is 9.33. The van der Waals surface area contributed by atoms with Gasteiger partial charge in [-0.25, -0.2) is 13.4 Å². The van der Waals surface area contributed by atoms with Crippen LogP contribution in [0.15, 0.2) is 61.1 Å². The van der Waals surface area contributed by atoms with E-state index in [0.29, 0.717) is 50.8 Å². The first kappa shape index (κ1) is 26.2. The highest BCUT2D eigenvalue weighted by Crippen LogP contribution is 2.33. The lowest BCUT2D eigenvalue weighted by atomic mass is 10.1. The summed E-state index contributed by atoms with van der Waals surface area (Å²) in [5.41, 5.74) is 4.10. The van der Waals surface area contributed by atoms with E-state index in [4.69, 9.17) is 16.3 Å². The molecule has 3 heterocycles. The second-order valence-corrected chi connectivity index (χ2v) is 12.3. The van der Waals surface area contributed by atoms with Crippen molar-refractivity contribution in [2.24, 2.45) is 7.05 Å². The minimum absolute atomic E-state index is 0.0793. The number of imidazole rings is 1. The molecule has 0 N–H and O–H groups in total. The number of halogens is 1. The van der Waals surface area contributed by atoms with Gasteiger partial charge in [-0.2, -0.15) is 4.31 Å².